The van der Waals surface area contributed by atoms with Gasteiger partial charge in [-0.1, -0.05) is 170 Å². The molecule has 1 aromatic heterocycles. The number of para-hydroxylation sites is 2. The summed E-state index contributed by atoms with van der Waals surface area (Å²) in [5.41, 5.74) is 11.5. The summed E-state index contributed by atoms with van der Waals surface area (Å²) in [6, 6.07) is 69.8. The first-order valence-corrected chi connectivity index (χ1v) is 17.5. The van der Waals surface area contributed by atoms with Gasteiger partial charge in [0.2, 0.25) is 0 Å². The van der Waals surface area contributed by atoms with Gasteiger partial charge < -0.3 is 0 Å². The summed E-state index contributed by atoms with van der Waals surface area (Å²) in [7, 11) is 0. The molecule has 0 aliphatic heterocycles. The lowest BCUT2D eigenvalue weighted by Gasteiger charge is -2.18. The van der Waals surface area contributed by atoms with E-state index in [2.05, 4.69) is 199 Å². The van der Waals surface area contributed by atoms with Crippen LogP contribution in [0.2, 0.25) is 0 Å². The molecule has 0 radical (unpaired) electrons. The maximum Gasteiger partial charge on any atom is 0.145 e. The van der Waals surface area contributed by atoms with Gasteiger partial charge in [0.1, 0.15) is 5.82 Å². The molecular formula is C49H32N2. The predicted octanol–water partition coefficient (Wildman–Crippen LogP) is 13.2. The highest BCUT2D eigenvalue weighted by atomic mass is 15.1. The lowest BCUT2D eigenvalue weighted by Crippen LogP contribution is -1.97. The Morgan fingerprint density at radius 3 is 1.55 bits per heavy atom. The summed E-state index contributed by atoms with van der Waals surface area (Å²) >= 11 is 0. The number of fused-ring (bicyclic) bond motifs is 4. The Hall–Kier alpha value is -6.77. The molecule has 1 heterocycles. The summed E-state index contributed by atoms with van der Waals surface area (Å²) < 4.78 is 2.28. The molecule has 2 heteroatoms. The molecule has 0 fully saturated rings. The molecule has 0 unspecified atom stereocenters. The highest BCUT2D eigenvalue weighted by Gasteiger charge is 2.19. The summed E-state index contributed by atoms with van der Waals surface area (Å²) in [4.78, 5) is 5.32. The molecular weight excluding hydrogens is 617 g/mol. The van der Waals surface area contributed by atoms with Gasteiger partial charge in [-0.2, -0.15) is 0 Å². The molecule has 0 N–H and O–H groups in total. The number of nitrogens with zero attached hydrogens (tertiary/aromatic N) is 2. The third-order valence-corrected chi connectivity index (χ3v) is 10.2. The highest BCUT2D eigenvalue weighted by Crippen LogP contribution is 2.44. The number of benzene rings is 9. The van der Waals surface area contributed by atoms with E-state index in [4.69, 9.17) is 4.98 Å². The van der Waals surface area contributed by atoms with E-state index in [0.29, 0.717) is 0 Å². The second-order valence-electron chi connectivity index (χ2n) is 13.1. The molecule has 0 amide bonds. The number of rotatable bonds is 5. The average Bonchev–Trinajstić information content (AvgIpc) is 3.61. The molecule has 0 bridgehead atoms. The smallest absolute Gasteiger partial charge is 0.145 e. The third kappa shape index (κ3) is 4.84. The molecule has 238 valence electrons. The number of hydrogen-bond acceptors (Lipinski definition) is 1. The van der Waals surface area contributed by atoms with Crippen LogP contribution in [0.3, 0.4) is 0 Å². The largest absolute Gasteiger partial charge is 0.292 e. The minimum atomic E-state index is 0.935. The van der Waals surface area contributed by atoms with Crippen LogP contribution in [0.1, 0.15) is 0 Å². The Kier molecular flexibility index (Phi) is 6.85. The van der Waals surface area contributed by atoms with Crippen molar-refractivity contribution in [2.75, 3.05) is 0 Å². The Morgan fingerprint density at radius 2 is 0.882 bits per heavy atom. The molecule has 0 spiro atoms. The normalized spacial score (nSPS) is 11.5. The van der Waals surface area contributed by atoms with E-state index in [1.165, 1.54) is 54.6 Å². The van der Waals surface area contributed by atoms with Gasteiger partial charge in [-0.3, -0.25) is 4.57 Å². The summed E-state index contributed by atoms with van der Waals surface area (Å²) in [5, 5.41) is 7.53. The lowest BCUT2D eigenvalue weighted by molar-refractivity contribution is 1.10. The Labute approximate surface area is 296 Å². The number of imidazole rings is 1. The molecule has 0 aliphatic rings. The molecule has 10 aromatic rings. The van der Waals surface area contributed by atoms with Crippen LogP contribution in [0.15, 0.2) is 194 Å². The minimum absolute atomic E-state index is 0.935. The molecule has 2 nitrogen and oxygen atoms in total. The van der Waals surface area contributed by atoms with E-state index in [1.54, 1.807) is 0 Å². The van der Waals surface area contributed by atoms with Crippen LogP contribution < -0.4 is 0 Å². The van der Waals surface area contributed by atoms with Gasteiger partial charge >= 0.3 is 0 Å². The van der Waals surface area contributed by atoms with Crippen LogP contribution in [0, 0.1) is 0 Å². The van der Waals surface area contributed by atoms with Crippen molar-refractivity contribution in [3.63, 3.8) is 0 Å². The van der Waals surface area contributed by atoms with E-state index in [-0.39, 0.29) is 0 Å². The molecule has 0 saturated carbocycles. The molecule has 9 aromatic carbocycles. The molecule has 51 heavy (non-hydrogen) atoms. The standard InChI is InChI=1S/C49H32N2/c1-3-15-36(16-4-1)49-50-48-40(24-13-25-45(48)51(49)39-18-5-2-6-19-39)34-27-29-35(30-28-34)46-41-20-9-11-22-43(41)47(44-23-12-10-21-42(44)46)38-31-26-33-14-7-8-17-37(33)32-38/h1-32H. The predicted molar refractivity (Wildman–Crippen MR) is 215 cm³/mol. The van der Waals surface area contributed by atoms with Crippen LogP contribution in [0.5, 0.6) is 0 Å². The van der Waals surface area contributed by atoms with E-state index in [0.717, 1.165) is 39.2 Å². The van der Waals surface area contributed by atoms with Crippen molar-refractivity contribution in [1.29, 1.82) is 0 Å². The van der Waals surface area contributed by atoms with Gasteiger partial charge in [0.05, 0.1) is 11.0 Å². The molecule has 0 saturated heterocycles. The highest BCUT2D eigenvalue weighted by molar-refractivity contribution is 6.21. The molecule has 0 aliphatic carbocycles. The van der Waals surface area contributed by atoms with Crippen molar-refractivity contribution < 1.29 is 0 Å². The average molecular weight is 649 g/mol. The zero-order valence-electron chi connectivity index (χ0n) is 27.9. The van der Waals surface area contributed by atoms with E-state index >= 15 is 0 Å². The fourth-order valence-corrected chi connectivity index (χ4v) is 7.86. The van der Waals surface area contributed by atoms with Crippen molar-refractivity contribution in [3.8, 4) is 50.5 Å². The summed E-state index contributed by atoms with van der Waals surface area (Å²) in [5.74, 6) is 0.935. The van der Waals surface area contributed by atoms with Gasteiger partial charge in [-0.05, 0) is 84.4 Å². The first-order valence-electron chi connectivity index (χ1n) is 17.5. The summed E-state index contributed by atoms with van der Waals surface area (Å²) in [6.45, 7) is 0. The van der Waals surface area contributed by atoms with Gasteiger partial charge in [0.15, 0.2) is 0 Å². The van der Waals surface area contributed by atoms with Crippen LogP contribution >= 0.6 is 0 Å². The van der Waals surface area contributed by atoms with Gasteiger partial charge in [0, 0.05) is 16.8 Å². The maximum atomic E-state index is 5.32. The number of hydrogen-bond donors (Lipinski definition) is 0. The van der Waals surface area contributed by atoms with Crippen molar-refractivity contribution in [1.82, 2.24) is 9.55 Å². The molecule has 0 atom stereocenters. The van der Waals surface area contributed by atoms with Crippen molar-refractivity contribution >= 4 is 43.4 Å². The molecule has 10 rings (SSSR count). The second kappa shape index (κ2) is 12.0. The van der Waals surface area contributed by atoms with Crippen molar-refractivity contribution in [3.05, 3.63) is 194 Å². The van der Waals surface area contributed by atoms with Crippen LogP contribution in [-0.2, 0) is 0 Å². The van der Waals surface area contributed by atoms with Crippen LogP contribution in [-0.4, -0.2) is 9.55 Å². The fourth-order valence-electron chi connectivity index (χ4n) is 7.86. The first kappa shape index (κ1) is 29.2. The monoisotopic (exact) mass is 648 g/mol. The first-order chi connectivity index (χ1) is 25.3. The minimum Gasteiger partial charge on any atom is -0.292 e. The van der Waals surface area contributed by atoms with E-state index in [1.807, 2.05) is 0 Å². The zero-order valence-corrected chi connectivity index (χ0v) is 27.9. The van der Waals surface area contributed by atoms with Gasteiger partial charge in [-0.25, -0.2) is 4.98 Å². The topological polar surface area (TPSA) is 17.8 Å². The van der Waals surface area contributed by atoms with E-state index in [9.17, 15) is 0 Å². The summed E-state index contributed by atoms with van der Waals surface area (Å²) in [6.07, 6.45) is 0. The Morgan fingerprint density at radius 1 is 0.353 bits per heavy atom. The maximum absolute atomic E-state index is 5.32. The van der Waals surface area contributed by atoms with E-state index < -0.39 is 0 Å². The Bertz CT molecular complexity index is 2830. The fraction of sp³-hybridized carbons (Fsp3) is 0. The lowest BCUT2D eigenvalue weighted by atomic mass is 9.85. The second-order valence-corrected chi connectivity index (χ2v) is 13.1. The zero-order chi connectivity index (χ0) is 33.7. The quantitative estimate of drug-likeness (QED) is 0.170. The van der Waals surface area contributed by atoms with Gasteiger partial charge in [-0.15, -0.1) is 0 Å². The number of aromatic nitrogens is 2. The van der Waals surface area contributed by atoms with Gasteiger partial charge in [0.25, 0.3) is 0 Å². The Balaban J connectivity index is 1.14. The third-order valence-electron chi connectivity index (χ3n) is 10.2. The van der Waals surface area contributed by atoms with Crippen LogP contribution in [0.4, 0.5) is 0 Å². The van der Waals surface area contributed by atoms with Crippen LogP contribution in [0.25, 0.3) is 93.8 Å². The van der Waals surface area contributed by atoms with Crippen molar-refractivity contribution in [2.45, 2.75) is 0 Å². The SMILES string of the molecule is c1ccc(-c2nc3c(-c4ccc(-c5c6ccccc6c(-c6ccc7ccccc7c6)c6ccccc56)cc4)cccc3n2-c2ccccc2)cc1. The van der Waals surface area contributed by atoms with Crippen molar-refractivity contribution in [2.24, 2.45) is 0 Å².